The summed E-state index contributed by atoms with van der Waals surface area (Å²) in [4.78, 5) is 5.04. The summed E-state index contributed by atoms with van der Waals surface area (Å²) in [6, 6.07) is 8.46. The number of benzene rings is 1. The van der Waals surface area contributed by atoms with Gasteiger partial charge < -0.3 is 14.4 Å². The van der Waals surface area contributed by atoms with Crippen molar-refractivity contribution in [2.45, 2.75) is 32.2 Å². The molecule has 1 aromatic carbocycles. The minimum atomic E-state index is 0.464. The van der Waals surface area contributed by atoms with Crippen LogP contribution in [0.1, 0.15) is 26.7 Å². The molecule has 4 nitrogen and oxygen atoms in total. The Morgan fingerprint density at radius 3 is 2.32 bits per heavy atom. The van der Waals surface area contributed by atoms with Gasteiger partial charge in [-0.25, -0.2) is 0 Å². The van der Waals surface area contributed by atoms with E-state index in [-0.39, 0.29) is 0 Å². The molecule has 0 unspecified atom stereocenters. The van der Waals surface area contributed by atoms with E-state index in [1.807, 2.05) is 13.8 Å². The fraction of sp³-hybridized carbons (Fsp3) is 0.667. The normalized spacial score (nSPS) is 19.5. The molecule has 124 valence electrons. The van der Waals surface area contributed by atoms with Crippen molar-refractivity contribution < 1.29 is 9.47 Å². The van der Waals surface area contributed by atoms with Gasteiger partial charge in [-0.2, -0.15) is 0 Å². The molecule has 0 atom stereocenters. The first-order chi connectivity index (χ1) is 10.7. The van der Waals surface area contributed by atoms with Crippen molar-refractivity contribution in [2.75, 3.05) is 51.9 Å². The molecule has 3 rings (SSSR count). The van der Waals surface area contributed by atoms with Gasteiger partial charge in [0.15, 0.2) is 0 Å². The Morgan fingerprint density at radius 1 is 1.05 bits per heavy atom. The van der Waals surface area contributed by atoms with Crippen LogP contribution in [0.4, 0.5) is 5.69 Å². The summed E-state index contributed by atoms with van der Waals surface area (Å²) in [7, 11) is 3.95. The number of methoxy groups -OCH3 is 1. The van der Waals surface area contributed by atoms with E-state index in [0.717, 1.165) is 25.4 Å². The van der Waals surface area contributed by atoms with E-state index < -0.39 is 0 Å². The van der Waals surface area contributed by atoms with E-state index in [9.17, 15) is 0 Å². The van der Waals surface area contributed by atoms with Gasteiger partial charge in [-0.05, 0) is 44.2 Å². The van der Waals surface area contributed by atoms with Gasteiger partial charge in [-0.3, -0.25) is 4.90 Å². The third-order valence-electron chi connectivity index (χ3n) is 4.59. The maximum Gasteiger partial charge on any atom is 0.119 e. The molecule has 0 N–H and O–H groups in total. The molecule has 1 aromatic rings. The summed E-state index contributed by atoms with van der Waals surface area (Å²) in [5, 5.41) is 0. The minimum Gasteiger partial charge on any atom is -0.491 e. The third-order valence-corrected chi connectivity index (χ3v) is 4.59. The van der Waals surface area contributed by atoms with Crippen molar-refractivity contribution in [3.05, 3.63) is 24.3 Å². The molecule has 2 aliphatic rings. The number of likely N-dealkylation sites (N-methyl/N-ethyl adjacent to an activating group) is 1. The van der Waals surface area contributed by atoms with E-state index in [4.69, 9.17) is 9.47 Å². The minimum absolute atomic E-state index is 0.464. The summed E-state index contributed by atoms with van der Waals surface area (Å²) >= 11 is 0. The third kappa shape index (κ3) is 3.93. The average molecular weight is 306 g/mol. The highest BCUT2D eigenvalue weighted by molar-refractivity contribution is 5.50. The van der Waals surface area contributed by atoms with E-state index in [1.54, 1.807) is 7.11 Å². The Kier molecular flexibility index (Phi) is 6.09. The van der Waals surface area contributed by atoms with E-state index in [2.05, 4.69) is 41.1 Å². The van der Waals surface area contributed by atoms with Crippen molar-refractivity contribution in [3.8, 4) is 5.75 Å². The first kappa shape index (κ1) is 17.1. The van der Waals surface area contributed by atoms with E-state index >= 15 is 0 Å². The highest BCUT2D eigenvalue weighted by Gasteiger charge is 2.49. The number of anilines is 1. The van der Waals surface area contributed by atoms with Crippen LogP contribution in [0.2, 0.25) is 0 Å². The molecule has 1 saturated heterocycles. The van der Waals surface area contributed by atoms with E-state index in [0.29, 0.717) is 18.8 Å². The van der Waals surface area contributed by atoms with Gasteiger partial charge >= 0.3 is 0 Å². The molecule has 1 spiro atoms. The molecule has 2 fully saturated rings. The van der Waals surface area contributed by atoms with Crippen molar-refractivity contribution in [2.24, 2.45) is 0 Å². The van der Waals surface area contributed by atoms with Crippen LogP contribution in [0.3, 0.4) is 0 Å². The summed E-state index contributed by atoms with van der Waals surface area (Å²) in [6.45, 7) is 8.66. The molecule has 1 aliphatic heterocycles. The van der Waals surface area contributed by atoms with Crippen LogP contribution in [0.25, 0.3) is 0 Å². The first-order valence-electron chi connectivity index (χ1n) is 8.41. The smallest absolute Gasteiger partial charge is 0.119 e. The van der Waals surface area contributed by atoms with E-state index in [1.165, 1.54) is 18.5 Å². The lowest BCUT2D eigenvalue weighted by atomic mass is 10.1. The van der Waals surface area contributed by atoms with Gasteiger partial charge in [0, 0.05) is 38.0 Å². The quantitative estimate of drug-likeness (QED) is 0.781. The van der Waals surface area contributed by atoms with Crippen molar-refractivity contribution in [1.29, 1.82) is 0 Å². The molecule has 0 radical (unpaired) electrons. The number of hydrogen-bond acceptors (Lipinski definition) is 4. The number of hydrogen-bond donors (Lipinski definition) is 0. The van der Waals surface area contributed by atoms with Gasteiger partial charge in [-0.15, -0.1) is 0 Å². The second-order valence-electron chi connectivity index (χ2n) is 5.90. The highest BCUT2D eigenvalue weighted by Crippen LogP contribution is 2.44. The second-order valence-corrected chi connectivity index (χ2v) is 5.90. The molecule has 0 bridgehead atoms. The van der Waals surface area contributed by atoms with Crippen molar-refractivity contribution in [3.63, 3.8) is 0 Å². The summed E-state index contributed by atoms with van der Waals surface area (Å²) in [6.07, 6.45) is 2.69. The SMILES string of the molecule is CC.COCCOc1ccc(N2CCN(C)C3(CC3)C2)cc1. The fourth-order valence-electron chi connectivity index (χ4n) is 2.96. The van der Waals surface area contributed by atoms with Crippen LogP contribution in [0.15, 0.2) is 24.3 Å². The molecule has 1 heterocycles. The summed E-state index contributed by atoms with van der Waals surface area (Å²) in [5.41, 5.74) is 1.77. The van der Waals surface area contributed by atoms with Gasteiger partial charge in [0.2, 0.25) is 0 Å². The van der Waals surface area contributed by atoms with Gasteiger partial charge in [0.1, 0.15) is 12.4 Å². The Balaban J connectivity index is 0.000000847. The second kappa shape index (κ2) is 7.84. The molecular weight excluding hydrogens is 276 g/mol. The predicted molar refractivity (Wildman–Crippen MR) is 92.0 cm³/mol. The molecular formula is C18H30N2O2. The predicted octanol–water partition coefficient (Wildman–Crippen LogP) is 3.02. The Bertz CT molecular complexity index is 443. The monoisotopic (exact) mass is 306 g/mol. The topological polar surface area (TPSA) is 24.9 Å². The highest BCUT2D eigenvalue weighted by atomic mass is 16.5. The average Bonchev–Trinajstić information content (AvgIpc) is 3.34. The largest absolute Gasteiger partial charge is 0.491 e. The first-order valence-corrected chi connectivity index (χ1v) is 8.41. The lowest BCUT2D eigenvalue weighted by Gasteiger charge is -2.41. The zero-order chi connectivity index (χ0) is 16.0. The van der Waals surface area contributed by atoms with Crippen LogP contribution in [0.5, 0.6) is 5.75 Å². The van der Waals surface area contributed by atoms with Gasteiger partial charge in [0.05, 0.1) is 6.61 Å². The van der Waals surface area contributed by atoms with Gasteiger partial charge in [-0.1, -0.05) is 13.8 Å². The van der Waals surface area contributed by atoms with Gasteiger partial charge in [0.25, 0.3) is 0 Å². The van der Waals surface area contributed by atoms with Crippen molar-refractivity contribution in [1.82, 2.24) is 4.90 Å². The number of rotatable bonds is 5. The van der Waals surface area contributed by atoms with Crippen LogP contribution in [-0.2, 0) is 4.74 Å². The molecule has 1 aliphatic carbocycles. The zero-order valence-corrected chi connectivity index (χ0v) is 14.5. The lowest BCUT2D eigenvalue weighted by molar-refractivity contribution is 0.146. The van der Waals surface area contributed by atoms with Crippen LogP contribution in [0, 0.1) is 0 Å². The van der Waals surface area contributed by atoms with Crippen LogP contribution in [-0.4, -0.2) is 57.4 Å². The fourth-order valence-corrected chi connectivity index (χ4v) is 2.96. The van der Waals surface area contributed by atoms with Crippen LogP contribution < -0.4 is 9.64 Å². The summed E-state index contributed by atoms with van der Waals surface area (Å²) in [5.74, 6) is 0.918. The maximum atomic E-state index is 5.61. The van der Waals surface area contributed by atoms with Crippen molar-refractivity contribution >= 4 is 5.69 Å². The molecule has 22 heavy (non-hydrogen) atoms. The Labute approximate surface area is 135 Å². The number of nitrogens with zero attached hydrogens (tertiary/aromatic N) is 2. The number of ether oxygens (including phenoxy) is 2. The standard InChI is InChI=1S/C16H24N2O2.C2H6/c1-17-9-10-18(13-16(17)7-8-16)14-3-5-15(6-4-14)20-12-11-19-2;1-2/h3-6H,7-13H2,1-2H3;1-2H3. The Morgan fingerprint density at radius 2 is 1.73 bits per heavy atom. The zero-order valence-electron chi connectivity index (χ0n) is 14.5. The molecule has 0 aromatic heterocycles. The maximum absolute atomic E-state index is 5.61. The summed E-state index contributed by atoms with van der Waals surface area (Å²) < 4.78 is 10.6. The van der Waals surface area contributed by atoms with Crippen LogP contribution >= 0.6 is 0 Å². The lowest BCUT2D eigenvalue weighted by Crippen LogP contribution is -2.53. The molecule has 0 amide bonds. The Hall–Kier alpha value is -1.26. The molecule has 4 heteroatoms. The number of piperazine rings is 1. The molecule has 1 saturated carbocycles.